The van der Waals surface area contributed by atoms with Gasteiger partial charge in [0.15, 0.2) is 0 Å². The number of halogens is 1. The van der Waals surface area contributed by atoms with E-state index in [-0.39, 0.29) is 29.4 Å². The molecular formula is C21H24ClN3O3S. The van der Waals surface area contributed by atoms with Gasteiger partial charge < -0.3 is 10.4 Å². The molecule has 29 heavy (non-hydrogen) atoms. The topological polar surface area (TPSA) is 84.2 Å². The van der Waals surface area contributed by atoms with Gasteiger partial charge in [-0.15, -0.1) is 11.8 Å². The van der Waals surface area contributed by atoms with Crippen LogP contribution in [-0.2, 0) is 9.59 Å². The van der Waals surface area contributed by atoms with Crippen molar-refractivity contribution in [1.29, 1.82) is 0 Å². The van der Waals surface area contributed by atoms with E-state index in [1.54, 1.807) is 0 Å². The zero-order chi connectivity index (χ0) is 21.1. The van der Waals surface area contributed by atoms with Crippen molar-refractivity contribution in [2.75, 3.05) is 11.5 Å². The van der Waals surface area contributed by atoms with Gasteiger partial charge in [0.05, 0.1) is 22.9 Å². The first kappa shape index (κ1) is 21.5. The highest BCUT2D eigenvalue weighted by molar-refractivity contribution is 8.00. The first-order chi connectivity index (χ1) is 13.8. The molecule has 0 unspecified atom stereocenters. The Bertz CT molecular complexity index is 970. The molecule has 0 radical (unpaired) electrons. The van der Waals surface area contributed by atoms with Crippen LogP contribution in [0.25, 0.3) is 5.69 Å². The summed E-state index contributed by atoms with van der Waals surface area (Å²) in [6, 6.07) is 5.71. The van der Waals surface area contributed by atoms with Gasteiger partial charge in [0.25, 0.3) is 0 Å². The van der Waals surface area contributed by atoms with E-state index in [0.29, 0.717) is 5.02 Å². The van der Waals surface area contributed by atoms with Gasteiger partial charge in [0, 0.05) is 28.2 Å². The monoisotopic (exact) mass is 433 g/mol. The van der Waals surface area contributed by atoms with Gasteiger partial charge in [-0.3, -0.25) is 9.59 Å². The number of hydrogen-bond donors (Lipinski definition) is 2. The quantitative estimate of drug-likeness (QED) is 0.649. The molecule has 0 saturated carbocycles. The van der Waals surface area contributed by atoms with Crippen molar-refractivity contribution in [2.45, 2.75) is 39.2 Å². The van der Waals surface area contributed by atoms with Crippen LogP contribution in [0, 0.1) is 20.8 Å². The number of hydrogen-bond acceptors (Lipinski definition) is 4. The number of carboxylic acid groups (broad SMARTS) is 1. The van der Waals surface area contributed by atoms with Crippen molar-refractivity contribution >= 4 is 35.2 Å². The van der Waals surface area contributed by atoms with Crippen LogP contribution in [0.4, 0.5) is 0 Å². The molecule has 1 aromatic heterocycles. The molecule has 1 aliphatic rings. The number of allylic oxidation sites excluding steroid dienone is 1. The molecule has 0 spiro atoms. The van der Waals surface area contributed by atoms with Gasteiger partial charge in [-0.2, -0.15) is 5.10 Å². The molecule has 1 heterocycles. The zero-order valence-corrected chi connectivity index (χ0v) is 18.2. The molecule has 1 aliphatic carbocycles. The summed E-state index contributed by atoms with van der Waals surface area (Å²) < 4.78 is 1.96. The molecule has 1 aromatic carbocycles. The van der Waals surface area contributed by atoms with E-state index >= 15 is 0 Å². The Morgan fingerprint density at radius 3 is 2.72 bits per heavy atom. The second kappa shape index (κ2) is 9.05. The molecule has 154 valence electrons. The molecule has 0 saturated heterocycles. The molecule has 1 amide bonds. The van der Waals surface area contributed by atoms with Gasteiger partial charge in [-0.1, -0.05) is 23.8 Å². The molecule has 2 N–H and O–H groups in total. The number of thioether (sulfide) groups is 1. The van der Waals surface area contributed by atoms with Crippen LogP contribution >= 0.6 is 23.4 Å². The molecule has 8 heteroatoms. The molecule has 2 aromatic rings. The highest BCUT2D eigenvalue weighted by Crippen LogP contribution is 2.34. The van der Waals surface area contributed by atoms with Crippen LogP contribution in [0.3, 0.4) is 0 Å². The van der Waals surface area contributed by atoms with E-state index in [2.05, 4.69) is 18.3 Å². The lowest BCUT2D eigenvalue weighted by Crippen LogP contribution is -2.34. The van der Waals surface area contributed by atoms with E-state index in [1.165, 1.54) is 5.56 Å². The summed E-state index contributed by atoms with van der Waals surface area (Å²) in [6.45, 7) is 6.08. The maximum Gasteiger partial charge on any atom is 0.313 e. The van der Waals surface area contributed by atoms with Crippen molar-refractivity contribution < 1.29 is 14.7 Å². The number of aliphatic carboxylic acids is 1. The molecule has 0 bridgehead atoms. The average molecular weight is 434 g/mol. The Morgan fingerprint density at radius 1 is 1.28 bits per heavy atom. The third-order valence-corrected chi connectivity index (χ3v) is 6.15. The number of aryl methyl sites for hydroxylation is 2. The predicted molar refractivity (Wildman–Crippen MR) is 116 cm³/mol. The third kappa shape index (κ3) is 5.03. The first-order valence-electron chi connectivity index (χ1n) is 9.36. The van der Waals surface area contributed by atoms with Crippen LogP contribution in [-0.4, -0.2) is 44.3 Å². The minimum absolute atomic E-state index is 0.0580. The molecule has 3 rings (SSSR count). The van der Waals surface area contributed by atoms with Gasteiger partial charge in [0.1, 0.15) is 0 Å². The van der Waals surface area contributed by atoms with E-state index < -0.39 is 5.97 Å². The number of amides is 1. The maximum atomic E-state index is 12.0. The largest absolute Gasteiger partial charge is 0.481 e. The Balaban J connectivity index is 1.69. The molecule has 0 fully saturated rings. The second-order valence-corrected chi connectivity index (χ2v) is 8.64. The van der Waals surface area contributed by atoms with Crippen molar-refractivity contribution in [2.24, 2.45) is 0 Å². The normalized spacial score (nSPS) is 18.2. The van der Waals surface area contributed by atoms with Crippen molar-refractivity contribution in [3.05, 3.63) is 57.9 Å². The Labute approximate surface area is 179 Å². The number of rotatable bonds is 7. The van der Waals surface area contributed by atoms with E-state index in [0.717, 1.165) is 40.8 Å². The van der Waals surface area contributed by atoms with Gasteiger partial charge in [-0.25, -0.2) is 4.68 Å². The number of carbonyl (C=O) groups excluding carboxylic acids is 1. The summed E-state index contributed by atoms with van der Waals surface area (Å²) in [5.41, 5.74) is 5.28. The highest BCUT2D eigenvalue weighted by Gasteiger charge is 2.27. The van der Waals surface area contributed by atoms with Crippen LogP contribution in [0.1, 0.15) is 34.9 Å². The Morgan fingerprint density at radius 2 is 2.03 bits per heavy atom. The second-order valence-electron chi connectivity index (χ2n) is 7.21. The summed E-state index contributed by atoms with van der Waals surface area (Å²) in [5.74, 6) is -0.811. The summed E-state index contributed by atoms with van der Waals surface area (Å²) in [6.07, 6.45) is 4.89. The fraction of sp³-hybridized carbons (Fsp3) is 0.381. The smallest absolute Gasteiger partial charge is 0.313 e. The number of nitrogens with one attached hydrogen (secondary N) is 1. The van der Waals surface area contributed by atoms with Crippen LogP contribution in [0.2, 0.25) is 5.02 Å². The standard InChI is InChI=1S/C21H24ClN3O3S/c1-12-8-16(22)5-7-18(12)25-14(3)21(13(2)24-25)15-4-6-17(9-15)23-19(26)10-29-11-20(27)28/h4-8,15,17H,9-11H2,1-3H3,(H,23,26)(H,27,28)/t15-,17-/m1/s1. The van der Waals surface area contributed by atoms with Gasteiger partial charge in [0.2, 0.25) is 5.91 Å². The number of aromatic nitrogens is 2. The Kier molecular flexibility index (Phi) is 6.70. The average Bonchev–Trinajstić information content (AvgIpc) is 3.18. The number of benzene rings is 1. The Hall–Kier alpha value is -2.25. The maximum absolute atomic E-state index is 12.0. The minimum Gasteiger partial charge on any atom is -0.481 e. The minimum atomic E-state index is -0.914. The molecule has 0 aliphatic heterocycles. The van der Waals surface area contributed by atoms with Gasteiger partial charge >= 0.3 is 5.97 Å². The first-order valence-corrected chi connectivity index (χ1v) is 10.9. The molecule has 2 atom stereocenters. The molecular weight excluding hydrogens is 410 g/mol. The SMILES string of the molecule is Cc1cc(Cl)ccc1-n1nc(C)c([C@@H]2C=C[C@@H](NC(=O)CSCC(=O)O)C2)c1C. The van der Waals surface area contributed by atoms with Crippen molar-refractivity contribution in [3.63, 3.8) is 0 Å². The third-order valence-electron chi connectivity index (χ3n) is 4.99. The summed E-state index contributed by atoms with van der Waals surface area (Å²) in [7, 11) is 0. The zero-order valence-electron chi connectivity index (χ0n) is 16.6. The lowest BCUT2D eigenvalue weighted by atomic mass is 9.96. The summed E-state index contributed by atoms with van der Waals surface area (Å²) in [5, 5.41) is 17.1. The number of nitrogens with zero attached hydrogens (tertiary/aromatic N) is 2. The van der Waals surface area contributed by atoms with Gasteiger partial charge in [-0.05, 0) is 51.0 Å². The van der Waals surface area contributed by atoms with E-state index in [9.17, 15) is 9.59 Å². The number of carbonyl (C=O) groups is 2. The van der Waals surface area contributed by atoms with Crippen LogP contribution in [0.15, 0.2) is 30.4 Å². The summed E-state index contributed by atoms with van der Waals surface area (Å²) >= 11 is 7.18. The van der Waals surface area contributed by atoms with E-state index in [1.807, 2.05) is 42.8 Å². The fourth-order valence-electron chi connectivity index (χ4n) is 3.78. The lowest BCUT2D eigenvalue weighted by molar-refractivity contribution is -0.133. The van der Waals surface area contributed by atoms with E-state index in [4.69, 9.17) is 21.8 Å². The number of carboxylic acids is 1. The highest BCUT2D eigenvalue weighted by atomic mass is 35.5. The van der Waals surface area contributed by atoms with Crippen LogP contribution in [0.5, 0.6) is 0 Å². The van der Waals surface area contributed by atoms with Crippen LogP contribution < -0.4 is 5.32 Å². The predicted octanol–water partition coefficient (Wildman–Crippen LogP) is 3.80. The fourth-order valence-corrected chi connectivity index (χ4v) is 4.55. The van der Waals surface area contributed by atoms with Crippen molar-refractivity contribution in [3.8, 4) is 5.69 Å². The van der Waals surface area contributed by atoms with Crippen molar-refractivity contribution in [1.82, 2.24) is 15.1 Å². The lowest BCUT2D eigenvalue weighted by Gasteiger charge is -2.15. The summed E-state index contributed by atoms with van der Waals surface area (Å²) in [4.78, 5) is 22.6. The molecule has 6 nitrogen and oxygen atoms in total.